The molecule has 18 heavy (non-hydrogen) atoms. The van der Waals surface area contributed by atoms with E-state index in [4.69, 9.17) is 10.5 Å². The minimum atomic E-state index is -0.123. The van der Waals surface area contributed by atoms with Crippen LogP contribution in [0.1, 0.15) is 16.9 Å². The molecular weight excluding hydrogens is 230 g/mol. The number of carbonyl (C=O) groups excluding carboxylic acids is 1. The molecule has 96 valence electrons. The van der Waals surface area contributed by atoms with Crippen molar-refractivity contribution in [2.75, 3.05) is 20.2 Å². The largest absolute Gasteiger partial charge is 0.495 e. The average Bonchev–Trinajstić information content (AvgIpc) is 2.82. The van der Waals surface area contributed by atoms with Crippen LogP contribution in [0.4, 0.5) is 0 Å². The maximum absolute atomic E-state index is 11.9. The maximum Gasteiger partial charge on any atom is 0.267 e. The van der Waals surface area contributed by atoms with E-state index in [1.165, 1.54) is 0 Å². The molecule has 0 spiro atoms. The first-order valence-electron chi connectivity index (χ1n) is 5.90. The van der Waals surface area contributed by atoms with Crippen LogP contribution in [0, 0.1) is 0 Å². The van der Waals surface area contributed by atoms with Crippen molar-refractivity contribution >= 4 is 16.8 Å². The summed E-state index contributed by atoms with van der Waals surface area (Å²) in [4.78, 5) is 14.9. The molecule has 1 heterocycles. The lowest BCUT2D eigenvalue weighted by atomic mass is 10.2. The first-order chi connectivity index (χ1) is 8.76. The lowest BCUT2D eigenvalue weighted by molar-refractivity contribution is 0.0949. The number of H-pyrrole nitrogens is 1. The quantitative estimate of drug-likeness (QED) is 0.696. The van der Waals surface area contributed by atoms with Gasteiger partial charge in [-0.2, -0.15) is 0 Å². The van der Waals surface area contributed by atoms with Crippen LogP contribution in [0.5, 0.6) is 5.75 Å². The second-order valence-electron chi connectivity index (χ2n) is 4.01. The Labute approximate surface area is 105 Å². The van der Waals surface area contributed by atoms with E-state index in [0.29, 0.717) is 18.8 Å². The first kappa shape index (κ1) is 12.4. The molecule has 0 unspecified atom stereocenters. The van der Waals surface area contributed by atoms with E-state index in [1.807, 2.05) is 24.3 Å². The number of nitrogens with two attached hydrogens (primary N) is 1. The van der Waals surface area contributed by atoms with E-state index in [9.17, 15) is 4.79 Å². The molecule has 0 aliphatic carbocycles. The molecule has 0 atom stereocenters. The number of carbonyl (C=O) groups is 1. The zero-order valence-corrected chi connectivity index (χ0v) is 10.3. The van der Waals surface area contributed by atoms with Crippen molar-refractivity contribution in [3.63, 3.8) is 0 Å². The van der Waals surface area contributed by atoms with Crippen molar-refractivity contribution in [2.45, 2.75) is 6.42 Å². The Balaban J connectivity index is 2.21. The smallest absolute Gasteiger partial charge is 0.267 e. The number of nitrogens with one attached hydrogen (secondary N) is 2. The number of benzene rings is 1. The third-order valence-electron chi connectivity index (χ3n) is 2.75. The highest BCUT2D eigenvalue weighted by Crippen LogP contribution is 2.25. The second kappa shape index (κ2) is 5.55. The fourth-order valence-corrected chi connectivity index (χ4v) is 1.82. The van der Waals surface area contributed by atoms with Gasteiger partial charge in [0, 0.05) is 11.9 Å². The number of para-hydroxylation sites is 1. The average molecular weight is 247 g/mol. The normalized spacial score (nSPS) is 10.6. The molecule has 2 rings (SSSR count). The molecule has 0 saturated carbocycles. The van der Waals surface area contributed by atoms with Crippen molar-refractivity contribution in [1.29, 1.82) is 0 Å². The molecular formula is C13H17N3O2. The summed E-state index contributed by atoms with van der Waals surface area (Å²) in [6.07, 6.45) is 0.773. The summed E-state index contributed by atoms with van der Waals surface area (Å²) in [5.74, 6) is 0.607. The number of ether oxygens (including phenoxy) is 1. The minimum absolute atomic E-state index is 0.123. The van der Waals surface area contributed by atoms with Gasteiger partial charge in [0.2, 0.25) is 0 Å². The van der Waals surface area contributed by atoms with Gasteiger partial charge >= 0.3 is 0 Å². The monoisotopic (exact) mass is 247 g/mol. The Morgan fingerprint density at radius 3 is 3.06 bits per heavy atom. The Morgan fingerprint density at radius 1 is 1.50 bits per heavy atom. The van der Waals surface area contributed by atoms with E-state index in [0.717, 1.165) is 23.1 Å². The molecule has 4 N–H and O–H groups in total. The van der Waals surface area contributed by atoms with Crippen LogP contribution >= 0.6 is 0 Å². The lowest BCUT2D eigenvalue weighted by Gasteiger charge is -2.02. The summed E-state index contributed by atoms with van der Waals surface area (Å²) < 4.78 is 5.24. The number of amides is 1. The summed E-state index contributed by atoms with van der Waals surface area (Å²) in [5, 5.41) is 3.76. The highest BCUT2D eigenvalue weighted by molar-refractivity contribution is 5.99. The van der Waals surface area contributed by atoms with Gasteiger partial charge in [0.15, 0.2) is 0 Å². The van der Waals surface area contributed by atoms with Gasteiger partial charge in [0.25, 0.3) is 5.91 Å². The van der Waals surface area contributed by atoms with Crippen LogP contribution in [0.3, 0.4) is 0 Å². The van der Waals surface area contributed by atoms with Crippen molar-refractivity contribution < 1.29 is 9.53 Å². The van der Waals surface area contributed by atoms with Gasteiger partial charge in [0.1, 0.15) is 11.4 Å². The number of rotatable bonds is 5. The molecule has 5 nitrogen and oxygen atoms in total. The second-order valence-corrected chi connectivity index (χ2v) is 4.01. The number of fused-ring (bicyclic) bond motifs is 1. The van der Waals surface area contributed by atoms with Crippen molar-refractivity contribution in [3.05, 3.63) is 30.0 Å². The maximum atomic E-state index is 11.9. The van der Waals surface area contributed by atoms with E-state index in [2.05, 4.69) is 10.3 Å². The number of methoxy groups -OCH3 is 1. The Kier molecular flexibility index (Phi) is 3.84. The fraction of sp³-hybridized carbons (Fsp3) is 0.308. The van der Waals surface area contributed by atoms with Gasteiger partial charge < -0.3 is 20.8 Å². The molecule has 0 aliphatic rings. The molecule has 1 amide bonds. The standard InChI is InChI=1S/C13H17N3O2/c1-18-11-5-2-4-9-8-10(16-12(9)11)13(17)15-7-3-6-14/h2,4-5,8,16H,3,6-7,14H2,1H3,(H,15,17). The van der Waals surface area contributed by atoms with Crippen LogP contribution < -0.4 is 15.8 Å². The molecule has 0 saturated heterocycles. The number of aromatic nitrogens is 1. The Bertz CT molecular complexity index is 548. The van der Waals surface area contributed by atoms with Crippen molar-refractivity contribution in [2.24, 2.45) is 5.73 Å². The Hall–Kier alpha value is -2.01. The predicted octanol–water partition coefficient (Wildman–Crippen LogP) is 1.26. The van der Waals surface area contributed by atoms with Gasteiger partial charge in [-0.25, -0.2) is 0 Å². The fourth-order valence-electron chi connectivity index (χ4n) is 1.82. The highest BCUT2D eigenvalue weighted by Gasteiger charge is 2.10. The predicted molar refractivity (Wildman–Crippen MR) is 70.9 cm³/mol. The van der Waals surface area contributed by atoms with Crippen LogP contribution in [0.25, 0.3) is 10.9 Å². The molecule has 1 aromatic heterocycles. The van der Waals surface area contributed by atoms with Gasteiger partial charge in [-0.3, -0.25) is 4.79 Å². The van der Waals surface area contributed by atoms with E-state index in [-0.39, 0.29) is 5.91 Å². The van der Waals surface area contributed by atoms with Crippen LogP contribution in [-0.2, 0) is 0 Å². The lowest BCUT2D eigenvalue weighted by Crippen LogP contribution is -2.26. The van der Waals surface area contributed by atoms with Gasteiger partial charge in [-0.15, -0.1) is 0 Å². The van der Waals surface area contributed by atoms with Crippen LogP contribution in [0.2, 0.25) is 0 Å². The Morgan fingerprint density at radius 2 is 2.33 bits per heavy atom. The molecule has 0 aliphatic heterocycles. The van der Waals surface area contributed by atoms with Gasteiger partial charge in [-0.1, -0.05) is 12.1 Å². The SMILES string of the molecule is COc1cccc2cc(C(=O)NCCCN)[nH]c12. The summed E-state index contributed by atoms with van der Waals surface area (Å²) >= 11 is 0. The minimum Gasteiger partial charge on any atom is -0.495 e. The van der Waals surface area contributed by atoms with Crippen molar-refractivity contribution in [3.8, 4) is 5.75 Å². The van der Waals surface area contributed by atoms with E-state index in [1.54, 1.807) is 7.11 Å². The molecule has 1 aromatic carbocycles. The molecule has 5 heteroatoms. The van der Waals surface area contributed by atoms with Gasteiger partial charge in [0.05, 0.1) is 12.6 Å². The summed E-state index contributed by atoms with van der Waals surface area (Å²) in [5.41, 5.74) is 6.75. The molecule has 0 fully saturated rings. The van der Waals surface area contributed by atoms with E-state index >= 15 is 0 Å². The first-order valence-corrected chi connectivity index (χ1v) is 5.90. The third kappa shape index (κ3) is 2.46. The zero-order chi connectivity index (χ0) is 13.0. The number of hydrogen-bond donors (Lipinski definition) is 3. The van der Waals surface area contributed by atoms with Gasteiger partial charge in [-0.05, 0) is 25.1 Å². The van der Waals surface area contributed by atoms with E-state index < -0.39 is 0 Å². The number of aromatic amines is 1. The third-order valence-corrected chi connectivity index (χ3v) is 2.75. The summed E-state index contributed by atoms with van der Waals surface area (Å²) in [6, 6.07) is 7.50. The molecule has 0 bridgehead atoms. The molecule has 2 aromatic rings. The summed E-state index contributed by atoms with van der Waals surface area (Å²) in [6.45, 7) is 1.16. The highest BCUT2D eigenvalue weighted by atomic mass is 16.5. The zero-order valence-electron chi connectivity index (χ0n) is 10.3. The van der Waals surface area contributed by atoms with Crippen LogP contribution in [-0.4, -0.2) is 31.1 Å². The topological polar surface area (TPSA) is 80.1 Å². The van der Waals surface area contributed by atoms with Crippen molar-refractivity contribution in [1.82, 2.24) is 10.3 Å². The number of hydrogen-bond acceptors (Lipinski definition) is 3. The van der Waals surface area contributed by atoms with Crippen LogP contribution in [0.15, 0.2) is 24.3 Å². The summed E-state index contributed by atoms with van der Waals surface area (Å²) in [7, 11) is 1.61. The molecule has 0 radical (unpaired) electrons.